The maximum atomic E-state index is 12.9. The highest BCUT2D eigenvalue weighted by Gasteiger charge is 2.26. The number of esters is 2. The lowest BCUT2D eigenvalue weighted by atomic mass is 9.85. The van der Waals surface area contributed by atoms with Crippen molar-refractivity contribution in [3.05, 3.63) is 51.3 Å². The Morgan fingerprint density at radius 3 is 2.45 bits per heavy atom. The molecule has 12 heteroatoms. The molecule has 2 heterocycles. The Bertz CT molecular complexity index is 1270. The molecule has 0 aliphatic carbocycles. The molecule has 3 rings (SSSR count). The van der Waals surface area contributed by atoms with Crippen molar-refractivity contribution in [3.8, 4) is 0 Å². The first-order valence-electron chi connectivity index (χ1n) is 13.5. The van der Waals surface area contributed by atoms with E-state index in [0.717, 1.165) is 12.0 Å². The van der Waals surface area contributed by atoms with Crippen LogP contribution in [0.4, 0.5) is 11.8 Å². The molecule has 0 fully saturated rings. The van der Waals surface area contributed by atoms with Gasteiger partial charge >= 0.3 is 11.9 Å². The van der Waals surface area contributed by atoms with E-state index in [1.165, 1.54) is 6.92 Å². The van der Waals surface area contributed by atoms with Gasteiger partial charge in [-0.3, -0.25) is 29.5 Å². The van der Waals surface area contributed by atoms with Gasteiger partial charge in [-0.2, -0.15) is 4.98 Å². The number of fused-ring (bicyclic) bond motifs is 1. The Balaban J connectivity index is 1.60. The van der Waals surface area contributed by atoms with Crippen LogP contribution in [-0.2, 0) is 30.3 Å². The van der Waals surface area contributed by atoms with Crippen LogP contribution in [0.3, 0.4) is 0 Å². The molecule has 4 N–H and O–H groups in total. The first-order valence-corrected chi connectivity index (χ1v) is 13.5. The zero-order valence-electron chi connectivity index (χ0n) is 23.3. The van der Waals surface area contributed by atoms with Crippen LogP contribution in [0, 0.1) is 5.92 Å². The lowest BCUT2D eigenvalue weighted by molar-refractivity contribution is -0.146. The summed E-state index contributed by atoms with van der Waals surface area (Å²) in [7, 11) is 0. The number of amides is 2. The summed E-state index contributed by atoms with van der Waals surface area (Å²) >= 11 is 0. The van der Waals surface area contributed by atoms with Crippen LogP contribution in [0.15, 0.2) is 29.1 Å². The van der Waals surface area contributed by atoms with Crippen molar-refractivity contribution in [2.45, 2.75) is 65.3 Å². The molecule has 0 saturated heterocycles. The minimum Gasteiger partial charge on any atom is -0.466 e. The summed E-state index contributed by atoms with van der Waals surface area (Å²) in [4.78, 5) is 67.6. The van der Waals surface area contributed by atoms with Gasteiger partial charge in [-0.05, 0) is 62.6 Å². The number of ether oxygens (including phenoxy) is 2. The lowest BCUT2D eigenvalue weighted by Crippen LogP contribution is -2.42. The number of hydrogen-bond donors (Lipinski definition) is 4. The largest absolute Gasteiger partial charge is 0.466 e. The van der Waals surface area contributed by atoms with Crippen LogP contribution in [0.2, 0.25) is 0 Å². The Kier molecular flexibility index (Phi) is 10.8. The predicted molar refractivity (Wildman–Crippen MR) is 148 cm³/mol. The number of aromatic nitrogens is 2. The first-order chi connectivity index (χ1) is 19.1. The zero-order chi connectivity index (χ0) is 29.2. The molecule has 0 saturated carbocycles. The first kappa shape index (κ1) is 30.3. The normalized spacial score (nSPS) is 15.6. The van der Waals surface area contributed by atoms with Gasteiger partial charge in [-0.1, -0.05) is 19.1 Å². The second-order valence-electron chi connectivity index (χ2n) is 9.75. The van der Waals surface area contributed by atoms with Crippen molar-refractivity contribution in [2.24, 2.45) is 5.92 Å². The summed E-state index contributed by atoms with van der Waals surface area (Å²) in [6.45, 7) is 7.82. The SMILES string of the molecule is CCOC(=O)CC[C@@H](NC(=O)c1ccc(C(C)CC2CNc3nc(NC(C)=O)[nH]c(=O)c3C2)cc1)C(=O)OCC. The number of benzene rings is 1. The van der Waals surface area contributed by atoms with E-state index in [9.17, 15) is 24.0 Å². The molecule has 1 aliphatic rings. The molecule has 2 aromatic rings. The quantitative estimate of drug-likeness (QED) is 0.288. The third-order valence-electron chi connectivity index (χ3n) is 6.61. The van der Waals surface area contributed by atoms with Crippen molar-refractivity contribution in [1.29, 1.82) is 0 Å². The molecule has 40 heavy (non-hydrogen) atoms. The zero-order valence-corrected chi connectivity index (χ0v) is 23.3. The number of carbonyl (C=O) groups excluding carboxylic acids is 4. The average molecular weight is 556 g/mol. The number of anilines is 2. The van der Waals surface area contributed by atoms with E-state index in [1.807, 2.05) is 12.1 Å². The third kappa shape index (κ3) is 8.39. The second kappa shape index (κ2) is 14.2. The fourth-order valence-electron chi connectivity index (χ4n) is 4.66. The van der Waals surface area contributed by atoms with Crippen LogP contribution in [0.25, 0.3) is 0 Å². The Morgan fingerprint density at radius 2 is 1.80 bits per heavy atom. The summed E-state index contributed by atoms with van der Waals surface area (Å²) < 4.78 is 9.96. The van der Waals surface area contributed by atoms with Crippen molar-refractivity contribution in [1.82, 2.24) is 15.3 Å². The van der Waals surface area contributed by atoms with Crippen LogP contribution in [0.1, 0.15) is 74.4 Å². The molecule has 0 radical (unpaired) electrons. The molecular formula is C28H37N5O7. The maximum absolute atomic E-state index is 12.9. The molecule has 0 spiro atoms. The van der Waals surface area contributed by atoms with Gasteiger partial charge in [0, 0.05) is 25.5 Å². The molecule has 0 bridgehead atoms. The Morgan fingerprint density at radius 1 is 1.10 bits per heavy atom. The van der Waals surface area contributed by atoms with E-state index >= 15 is 0 Å². The molecule has 12 nitrogen and oxygen atoms in total. The Hall–Kier alpha value is -4.22. The van der Waals surface area contributed by atoms with E-state index in [4.69, 9.17) is 9.47 Å². The number of nitrogens with one attached hydrogen (secondary N) is 4. The fraction of sp³-hybridized carbons (Fsp3) is 0.500. The highest BCUT2D eigenvalue weighted by Crippen LogP contribution is 2.29. The molecule has 216 valence electrons. The highest BCUT2D eigenvalue weighted by molar-refractivity contribution is 5.97. The van der Waals surface area contributed by atoms with Gasteiger partial charge in [-0.15, -0.1) is 0 Å². The van der Waals surface area contributed by atoms with Gasteiger partial charge in [0.1, 0.15) is 11.9 Å². The summed E-state index contributed by atoms with van der Waals surface area (Å²) in [5.41, 5.74) is 1.68. The molecule has 1 aromatic carbocycles. The van der Waals surface area contributed by atoms with Crippen LogP contribution in [-0.4, -0.2) is 59.5 Å². The molecule has 3 atom stereocenters. The minimum absolute atomic E-state index is 0.0209. The van der Waals surface area contributed by atoms with E-state index in [2.05, 4.69) is 32.8 Å². The highest BCUT2D eigenvalue weighted by atomic mass is 16.5. The summed E-state index contributed by atoms with van der Waals surface area (Å²) in [6, 6.07) is 6.16. The van der Waals surface area contributed by atoms with Crippen molar-refractivity contribution in [2.75, 3.05) is 30.4 Å². The summed E-state index contributed by atoms with van der Waals surface area (Å²) in [6.07, 6.45) is 1.40. The van der Waals surface area contributed by atoms with Gasteiger partial charge in [0.25, 0.3) is 11.5 Å². The van der Waals surface area contributed by atoms with Crippen LogP contribution >= 0.6 is 0 Å². The summed E-state index contributed by atoms with van der Waals surface area (Å²) in [5.74, 6) is -0.883. The minimum atomic E-state index is -0.968. The standard InChI is InChI=1S/C28H37N5O7/c1-5-39-23(35)12-11-22(27(38)40-6-2)31-25(36)20-9-7-19(8-10-20)16(3)13-18-14-21-24(29-15-18)32-28(30-17(4)34)33-26(21)37/h7-10,16,18,22H,5-6,11-15H2,1-4H3,(H,31,36)(H3,29,30,32,33,34,37)/t16?,18?,22-/m1/s1. The molecular weight excluding hydrogens is 518 g/mol. The fourth-order valence-corrected chi connectivity index (χ4v) is 4.66. The van der Waals surface area contributed by atoms with E-state index in [-0.39, 0.29) is 55.3 Å². The third-order valence-corrected chi connectivity index (χ3v) is 6.61. The number of carbonyl (C=O) groups is 4. The number of hydrogen-bond acceptors (Lipinski definition) is 9. The molecule has 1 aromatic heterocycles. The number of rotatable bonds is 12. The van der Waals surface area contributed by atoms with Crippen molar-refractivity contribution < 1.29 is 28.7 Å². The van der Waals surface area contributed by atoms with Gasteiger partial charge in [0.05, 0.1) is 18.8 Å². The van der Waals surface area contributed by atoms with Gasteiger partial charge < -0.3 is 20.1 Å². The second-order valence-corrected chi connectivity index (χ2v) is 9.75. The molecule has 1 aliphatic heterocycles. The van der Waals surface area contributed by atoms with E-state index in [1.54, 1.807) is 26.0 Å². The number of H-pyrrole nitrogens is 1. The van der Waals surface area contributed by atoms with Gasteiger partial charge in [0.2, 0.25) is 11.9 Å². The molecule has 2 amide bonds. The van der Waals surface area contributed by atoms with Crippen molar-refractivity contribution >= 4 is 35.5 Å². The van der Waals surface area contributed by atoms with E-state index in [0.29, 0.717) is 29.9 Å². The van der Waals surface area contributed by atoms with Crippen LogP contribution in [0.5, 0.6) is 0 Å². The topological polar surface area (TPSA) is 169 Å². The Labute approximate surface area is 232 Å². The number of aromatic amines is 1. The lowest BCUT2D eigenvalue weighted by Gasteiger charge is -2.27. The van der Waals surface area contributed by atoms with Gasteiger partial charge in [0.15, 0.2) is 0 Å². The maximum Gasteiger partial charge on any atom is 0.328 e. The van der Waals surface area contributed by atoms with Crippen LogP contribution < -0.4 is 21.5 Å². The van der Waals surface area contributed by atoms with E-state index < -0.39 is 23.9 Å². The number of nitrogens with zero attached hydrogens (tertiary/aromatic N) is 1. The van der Waals surface area contributed by atoms with Gasteiger partial charge in [-0.25, -0.2) is 4.79 Å². The van der Waals surface area contributed by atoms with Crippen molar-refractivity contribution in [3.63, 3.8) is 0 Å². The monoisotopic (exact) mass is 555 g/mol. The molecule has 2 unspecified atom stereocenters. The predicted octanol–water partition coefficient (Wildman–Crippen LogP) is 2.51. The smallest absolute Gasteiger partial charge is 0.328 e. The summed E-state index contributed by atoms with van der Waals surface area (Å²) in [5, 5.41) is 8.37. The average Bonchev–Trinajstić information content (AvgIpc) is 2.91.